The molecular weight excluding hydrogens is 180 g/mol. The summed E-state index contributed by atoms with van der Waals surface area (Å²) >= 11 is 0. The summed E-state index contributed by atoms with van der Waals surface area (Å²) < 4.78 is 5.44. The summed E-state index contributed by atoms with van der Waals surface area (Å²) in [7, 11) is 0. The molecule has 1 atom stereocenters. The Morgan fingerprint density at radius 1 is 1.57 bits per heavy atom. The monoisotopic (exact) mass is 200 g/mol. The van der Waals surface area contributed by atoms with Crippen molar-refractivity contribution in [3.63, 3.8) is 0 Å². The molecule has 1 unspecified atom stereocenters. The highest BCUT2D eigenvalue weighted by molar-refractivity contribution is 5.81. The quantitative estimate of drug-likeness (QED) is 0.713. The molecule has 4 heteroatoms. The van der Waals surface area contributed by atoms with Crippen molar-refractivity contribution in [2.75, 3.05) is 26.2 Å². The van der Waals surface area contributed by atoms with Crippen molar-refractivity contribution >= 4 is 5.91 Å². The number of hydrogen-bond acceptors (Lipinski definition) is 3. The number of rotatable bonds is 4. The normalized spacial score (nSPS) is 22.0. The van der Waals surface area contributed by atoms with Gasteiger partial charge in [-0.25, -0.2) is 0 Å². The molecule has 0 spiro atoms. The molecule has 0 aromatic rings. The molecule has 0 aromatic carbocycles. The van der Waals surface area contributed by atoms with E-state index in [1.165, 1.54) is 0 Å². The maximum Gasteiger partial charge on any atom is 0.251 e. The van der Waals surface area contributed by atoms with E-state index in [9.17, 15) is 4.79 Å². The average Bonchev–Trinajstić information content (AvgIpc) is 2.26. The second-order valence-electron chi connectivity index (χ2n) is 3.56. The van der Waals surface area contributed by atoms with Crippen LogP contribution in [-0.2, 0) is 9.53 Å². The molecule has 82 valence electrons. The molecule has 0 aliphatic carbocycles. The Morgan fingerprint density at radius 3 is 2.86 bits per heavy atom. The molecule has 1 saturated heterocycles. The molecule has 1 rings (SSSR count). The van der Waals surface area contributed by atoms with Gasteiger partial charge in [-0.2, -0.15) is 0 Å². The number of ether oxygens (including phenoxy) is 1. The highest BCUT2D eigenvalue weighted by Crippen LogP contribution is 2.14. The molecular formula is C10H20N2O2. The number of nitrogens with zero attached hydrogens (tertiary/aromatic N) is 1. The fourth-order valence-corrected chi connectivity index (χ4v) is 1.72. The lowest BCUT2D eigenvalue weighted by Crippen LogP contribution is -2.43. The van der Waals surface area contributed by atoms with Crippen LogP contribution < -0.4 is 5.73 Å². The molecule has 1 fully saturated rings. The van der Waals surface area contributed by atoms with Gasteiger partial charge < -0.3 is 15.4 Å². The van der Waals surface area contributed by atoms with Crippen LogP contribution in [0.1, 0.15) is 26.2 Å². The Labute approximate surface area is 85.4 Å². The minimum absolute atomic E-state index is 0.109. The number of amides is 1. The van der Waals surface area contributed by atoms with Gasteiger partial charge >= 0.3 is 0 Å². The fourth-order valence-electron chi connectivity index (χ4n) is 1.72. The van der Waals surface area contributed by atoms with E-state index in [2.05, 4.69) is 0 Å². The van der Waals surface area contributed by atoms with E-state index in [0.29, 0.717) is 13.1 Å². The van der Waals surface area contributed by atoms with Crippen molar-refractivity contribution in [2.24, 2.45) is 5.73 Å². The van der Waals surface area contributed by atoms with E-state index >= 15 is 0 Å². The van der Waals surface area contributed by atoms with Gasteiger partial charge in [-0.3, -0.25) is 4.79 Å². The molecule has 0 radical (unpaired) electrons. The lowest BCUT2D eigenvalue weighted by Gasteiger charge is -2.28. The number of carbonyl (C=O) groups excluding carboxylic acids is 1. The van der Waals surface area contributed by atoms with Gasteiger partial charge in [0.1, 0.15) is 6.10 Å². The fraction of sp³-hybridized carbons (Fsp3) is 0.900. The minimum Gasteiger partial charge on any atom is -0.368 e. The molecule has 0 aromatic heterocycles. The Balaban J connectivity index is 2.43. The van der Waals surface area contributed by atoms with Gasteiger partial charge in [-0.15, -0.1) is 0 Å². The Bertz CT molecular complexity index is 172. The van der Waals surface area contributed by atoms with Crippen LogP contribution in [0.5, 0.6) is 0 Å². The zero-order chi connectivity index (χ0) is 10.4. The van der Waals surface area contributed by atoms with Crippen molar-refractivity contribution in [1.82, 2.24) is 4.90 Å². The summed E-state index contributed by atoms with van der Waals surface area (Å²) in [6.45, 7) is 4.56. The number of hydrogen-bond donors (Lipinski definition) is 1. The van der Waals surface area contributed by atoms with E-state index in [4.69, 9.17) is 10.5 Å². The highest BCUT2D eigenvalue weighted by Gasteiger charge is 2.25. The predicted molar refractivity (Wildman–Crippen MR) is 54.9 cm³/mol. The summed E-state index contributed by atoms with van der Waals surface area (Å²) in [6.07, 6.45) is 2.82. The largest absolute Gasteiger partial charge is 0.368 e. The Morgan fingerprint density at radius 2 is 2.36 bits per heavy atom. The van der Waals surface area contributed by atoms with E-state index in [1.807, 2.05) is 6.92 Å². The highest BCUT2D eigenvalue weighted by atomic mass is 16.5. The van der Waals surface area contributed by atoms with Crippen LogP contribution in [0.4, 0.5) is 0 Å². The van der Waals surface area contributed by atoms with E-state index in [1.54, 1.807) is 4.90 Å². The molecule has 1 aliphatic rings. The summed E-state index contributed by atoms with van der Waals surface area (Å²) in [6, 6.07) is 0. The summed E-state index contributed by atoms with van der Waals surface area (Å²) in [5.74, 6) is 0.109. The number of likely N-dealkylation sites (N-methyl/N-ethyl adjacent to an activating group) is 1. The molecule has 0 saturated carbocycles. The zero-order valence-electron chi connectivity index (χ0n) is 8.87. The first-order valence-electron chi connectivity index (χ1n) is 5.40. The third-order valence-corrected chi connectivity index (χ3v) is 2.55. The van der Waals surface area contributed by atoms with Crippen molar-refractivity contribution in [2.45, 2.75) is 32.3 Å². The summed E-state index contributed by atoms with van der Waals surface area (Å²) in [5, 5.41) is 0. The van der Waals surface area contributed by atoms with Gasteiger partial charge in [0.25, 0.3) is 5.91 Å². The Kier molecular flexibility index (Phi) is 4.90. The zero-order valence-corrected chi connectivity index (χ0v) is 8.87. The number of carbonyl (C=O) groups is 1. The second kappa shape index (κ2) is 5.98. The van der Waals surface area contributed by atoms with Crippen LogP contribution in [0.2, 0.25) is 0 Å². The second-order valence-corrected chi connectivity index (χ2v) is 3.56. The van der Waals surface area contributed by atoms with Crippen LogP contribution in [0.3, 0.4) is 0 Å². The van der Waals surface area contributed by atoms with Crippen molar-refractivity contribution in [3.8, 4) is 0 Å². The average molecular weight is 200 g/mol. The number of nitrogens with two attached hydrogens (primary N) is 1. The van der Waals surface area contributed by atoms with E-state index < -0.39 is 0 Å². The predicted octanol–water partition coefficient (Wildman–Crippen LogP) is 0.363. The van der Waals surface area contributed by atoms with Gasteiger partial charge in [-0.05, 0) is 26.2 Å². The smallest absolute Gasteiger partial charge is 0.251 e. The van der Waals surface area contributed by atoms with Crippen LogP contribution in [-0.4, -0.2) is 43.2 Å². The third-order valence-electron chi connectivity index (χ3n) is 2.55. The molecule has 0 bridgehead atoms. The first-order chi connectivity index (χ1) is 6.79. The van der Waals surface area contributed by atoms with Crippen LogP contribution in [0.15, 0.2) is 0 Å². The Hall–Kier alpha value is -0.610. The van der Waals surface area contributed by atoms with Crippen LogP contribution in [0.25, 0.3) is 0 Å². The SMILES string of the molecule is CCN(CCN)C(=O)C1CCCCO1. The maximum atomic E-state index is 11.9. The lowest BCUT2D eigenvalue weighted by molar-refractivity contribution is -0.146. The molecule has 2 N–H and O–H groups in total. The molecule has 1 heterocycles. The first-order valence-corrected chi connectivity index (χ1v) is 5.40. The van der Waals surface area contributed by atoms with E-state index in [0.717, 1.165) is 32.4 Å². The lowest BCUT2D eigenvalue weighted by atomic mass is 10.1. The minimum atomic E-state index is -0.213. The standard InChI is InChI=1S/C10H20N2O2/c1-2-12(7-6-11)10(13)9-5-3-4-8-14-9/h9H,2-8,11H2,1H3. The first kappa shape index (κ1) is 11.5. The maximum absolute atomic E-state index is 11.9. The third kappa shape index (κ3) is 2.96. The van der Waals surface area contributed by atoms with Gasteiger partial charge in [0, 0.05) is 26.2 Å². The molecule has 4 nitrogen and oxygen atoms in total. The van der Waals surface area contributed by atoms with Crippen molar-refractivity contribution in [1.29, 1.82) is 0 Å². The summed E-state index contributed by atoms with van der Waals surface area (Å²) in [5.41, 5.74) is 5.44. The van der Waals surface area contributed by atoms with Crippen LogP contribution >= 0.6 is 0 Å². The van der Waals surface area contributed by atoms with Gasteiger partial charge in [0.2, 0.25) is 0 Å². The van der Waals surface area contributed by atoms with Crippen LogP contribution in [0, 0.1) is 0 Å². The summed E-state index contributed by atoms with van der Waals surface area (Å²) in [4.78, 5) is 13.6. The van der Waals surface area contributed by atoms with E-state index in [-0.39, 0.29) is 12.0 Å². The van der Waals surface area contributed by atoms with Gasteiger partial charge in [0.15, 0.2) is 0 Å². The molecule has 1 aliphatic heterocycles. The van der Waals surface area contributed by atoms with Gasteiger partial charge in [0.05, 0.1) is 0 Å². The topological polar surface area (TPSA) is 55.6 Å². The molecule has 1 amide bonds. The van der Waals surface area contributed by atoms with Crippen molar-refractivity contribution < 1.29 is 9.53 Å². The van der Waals surface area contributed by atoms with Gasteiger partial charge in [-0.1, -0.05) is 0 Å². The molecule has 14 heavy (non-hydrogen) atoms. The van der Waals surface area contributed by atoms with Crippen molar-refractivity contribution in [3.05, 3.63) is 0 Å².